The van der Waals surface area contributed by atoms with E-state index in [1.54, 1.807) is 6.07 Å². The molecule has 1 aromatic carbocycles. The summed E-state index contributed by atoms with van der Waals surface area (Å²) in [6.07, 6.45) is 0.911. The van der Waals surface area contributed by atoms with Crippen LogP contribution in [0.2, 0.25) is 5.02 Å². The van der Waals surface area contributed by atoms with E-state index in [2.05, 4.69) is 5.32 Å². The Morgan fingerprint density at radius 3 is 3.15 bits per heavy atom. The van der Waals surface area contributed by atoms with Crippen molar-refractivity contribution in [2.45, 2.75) is 6.42 Å². The molecule has 70 valence electrons. The van der Waals surface area contributed by atoms with Crippen molar-refractivity contribution in [1.82, 2.24) is 0 Å². The Morgan fingerprint density at radius 2 is 2.31 bits per heavy atom. The number of ether oxygens (including phenoxy) is 1. The van der Waals surface area contributed by atoms with Gasteiger partial charge < -0.3 is 10.1 Å². The third kappa shape index (κ3) is 1.70. The summed E-state index contributed by atoms with van der Waals surface area (Å²) < 4.78 is 18.3. The van der Waals surface area contributed by atoms with Crippen LogP contribution in [0.15, 0.2) is 12.1 Å². The van der Waals surface area contributed by atoms with Crippen LogP contribution in [0.25, 0.3) is 0 Å². The quantitative estimate of drug-likeness (QED) is 0.697. The lowest BCUT2D eigenvalue weighted by molar-refractivity contribution is 0.321. The van der Waals surface area contributed by atoms with Crippen LogP contribution in [0.4, 0.5) is 10.1 Å². The molecule has 0 saturated heterocycles. The van der Waals surface area contributed by atoms with Crippen molar-refractivity contribution in [3.05, 3.63) is 23.0 Å². The lowest BCUT2D eigenvalue weighted by Crippen LogP contribution is -2.00. The first-order chi connectivity index (χ1) is 6.27. The number of halogens is 2. The molecule has 4 heteroatoms. The van der Waals surface area contributed by atoms with Crippen molar-refractivity contribution in [1.29, 1.82) is 0 Å². The number of hydrogen-bond donors (Lipinski definition) is 1. The molecule has 0 radical (unpaired) electrons. The average molecular weight is 202 g/mol. The molecule has 0 unspecified atom stereocenters. The molecule has 0 saturated carbocycles. The monoisotopic (exact) mass is 201 g/mol. The van der Waals surface area contributed by atoms with Crippen molar-refractivity contribution < 1.29 is 9.13 Å². The summed E-state index contributed by atoms with van der Waals surface area (Å²) in [4.78, 5) is 0. The van der Waals surface area contributed by atoms with Gasteiger partial charge in [0.25, 0.3) is 0 Å². The molecule has 0 amide bonds. The van der Waals surface area contributed by atoms with E-state index in [0.29, 0.717) is 12.4 Å². The molecule has 2 nitrogen and oxygen atoms in total. The van der Waals surface area contributed by atoms with Crippen LogP contribution in [0.3, 0.4) is 0 Å². The van der Waals surface area contributed by atoms with Gasteiger partial charge in [0, 0.05) is 12.6 Å². The molecule has 0 atom stereocenters. The van der Waals surface area contributed by atoms with Gasteiger partial charge in [-0.05, 0) is 12.5 Å². The van der Waals surface area contributed by atoms with E-state index >= 15 is 0 Å². The minimum absolute atomic E-state index is 0.122. The lowest BCUT2D eigenvalue weighted by atomic mass is 10.3. The summed E-state index contributed by atoms with van der Waals surface area (Å²) in [5.41, 5.74) is 0.768. The Bertz CT molecular complexity index is 299. The fourth-order valence-corrected chi connectivity index (χ4v) is 1.43. The Hall–Kier alpha value is -0.960. The Labute approximate surface area is 80.7 Å². The zero-order chi connectivity index (χ0) is 9.26. The van der Waals surface area contributed by atoms with Gasteiger partial charge in [-0.3, -0.25) is 0 Å². The summed E-state index contributed by atoms with van der Waals surface area (Å²) in [6, 6.07) is 2.87. The van der Waals surface area contributed by atoms with E-state index in [-0.39, 0.29) is 5.02 Å². The summed E-state index contributed by atoms with van der Waals surface area (Å²) in [5.74, 6) is 0.100. The second-order valence-electron chi connectivity index (χ2n) is 2.89. The Kier molecular flexibility index (Phi) is 2.27. The van der Waals surface area contributed by atoms with Crippen LogP contribution in [0.1, 0.15) is 6.42 Å². The predicted molar refractivity (Wildman–Crippen MR) is 50.0 cm³/mol. The van der Waals surface area contributed by atoms with Crippen LogP contribution in [0, 0.1) is 5.82 Å². The maximum absolute atomic E-state index is 13.0. The molecule has 0 spiro atoms. The predicted octanol–water partition coefficient (Wildman–Crippen LogP) is 2.67. The van der Waals surface area contributed by atoms with E-state index < -0.39 is 5.82 Å². The van der Waals surface area contributed by atoms with Gasteiger partial charge in [-0.1, -0.05) is 11.6 Å². The first-order valence-corrected chi connectivity index (χ1v) is 4.51. The molecule has 1 aliphatic heterocycles. The molecule has 1 aliphatic rings. The SMILES string of the molecule is Fc1cc2c(cc1Cl)NCCCO2. The van der Waals surface area contributed by atoms with Gasteiger partial charge in [0.1, 0.15) is 11.6 Å². The fourth-order valence-electron chi connectivity index (χ4n) is 1.26. The standard InChI is InChI=1S/C9H9ClFNO/c10-6-4-8-9(5-7(6)11)13-3-1-2-12-8/h4-5,12H,1-3H2. The largest absolute Gasteiger partial charge is 0.491 e. The van der Waals surface area contributed by atoms with E-state index in [4.69, 9.17) is 16.3 Å². The van der Waals surface area contributed by atoms with Crippen LogP contribution in [0.5, 0.6) is 5.75 Å². The maximum atomic E-state index is 13.0. The zero-order valence-corrected chi connectivity index (χ0v) is 7.70. The molecular formula is C9H9ClFNO. The molecule has 1 N–H and O–H groups in total. The van der Waals surface area contributed by atoms with Gasteiger partial charge >= 0.3 is 0 Å². The third-order valence-electron chi connectivity index (χ3n) is 1.92. The number of benzene rings is 1. The first kappa shape index (κ1) is 8.63. The number of rotatable bonds is 0. The van der Waals surface area contributed by atoms with Gasteiger partial charge in [0.15, 0.2) is 0 Å². The molecular weight excluding hydrogens is 193 g/mol. The summed E-state index contributed by atoms with van der Waals surface area (Å²) >= 11 is 5.63. The summed E-state index contributed by atoms with van der Waals surface area (Å²) in [5, 5.41) is 3.24. The minimum atomic E-state index is -0.441. The molecule has 13 heavy (non-hydrogen) atoms. The molecule has 1 aromatic rings. The van der Waals surface area contributed by atoms with Gasteiger partial charge in [0.05, 0.1) is 17.3 Å². The van der Waals surface area contributed by atoms with Gasteiger partial charge in [-0.15, -0.1) is 0 Å². The smallest absolute Gasteiger partial charge is 0.145 e. The highest BCUT2D eigenvalue weighted by Crippen LogP contribution is 2.31. The van der Waals surface area contributed by atoms with E-state index in [1.165, 1.54) is 6.07 Å². The van der Waals surface area contributed by atoms with E-state index in [9.17, 15) is 4.39 Å². The van der Waals surface area contributed by atoms with Crippen molar-refractivity contribution in [2.24, 2.45) is 0 Å². The maximum Gasteiger partial charge on any atom is 0.145 e. The topological polar surface area (TPSA) is 21.3 Å². The van der Waals surface area contributed by atoms with Crippen LogP contribution >= 0.6 is 11.6 Å². The van der Waals surface area contributed by atoms with E-state index in [0.717, 1.165) is 18.7 Å². The molecule has 1 heterocycles. The van der Waals surface area contributed by atoms with Crippen molar-refractivity contribution in [2.75, 3.05) is 18.5 Å². The summed E-state index contributed by atoms with van der Waals surface area (Å²) in [7, 11) is 0. The van der Waals surface area contributed by atoms with Crippen molar-refractivity contribution in [3.63, 3.8) is 0 Å². The zero-order valence-electron chi connectivity index (χ0n) is 6.94. The average Bonchev–Trinajstić information content (AvgIpc) is 2.31. The molecule has 0 fully saturated rings. The van der Waals surface area contributed by atoms with Gasteiger partial charge in [-0.2, -0.15) is 0 Å². The third-order valence-corrected chi connectivity index (χ3v) is 2.21. The van der Waals surface area contributed by atoms with E-state index in [1.807, 2.05) is 0 Å². The number of anilines is 1. The number of hydrogen-bond acceptors (Lipinski definition) is 2. The van der Waals surface area contributed by atoms with Crippen LogP contribution in [-0.2, 0) is 0 Å². The normalized spacial score (nSPS) is 15.2. The number of nitrogens with one attached hydrogen (secondary N) is 1. The Balaban J connectivity index is 2.43. The second-order valence-corrected chi connectivity index (χ2v) is 3.30. The van der Waals surface area contributed by atoms with Crippen LogP contribution < -0.4 is 10.1 Å². The Morgan fingerprint density at radius 1 is 1.46 bits per heavy atom. The first-order valence-electron chi connectivity index (χ1n) is 4.13. The highest BCUT2D eigenvalue weighted by Gasteiger charge is 2.11. The number of fused-ring (bicyclic) bond motifs is 1. The highest BCUT2D eigenvalue weighted by atomic mass is 35.5. The molecule has 0 aromatic heterocycles. The molecule has 0 bridgehead atoms. The van der Waals surface area contributed by atoms with Crippen molar-refractivity contribution in [3.8, 4) is 5.75 Å². The van der Waals surface area contributed by atoms with Gasteiger partial charge in [0.2, 0.25) is 0 Å². The fraction of sp³-hybridized carbons (Fsp3) is 0.333. The molecule has 2 rings (SSSR count). The highest BCUT2D eigenvalue weighted by molar-refractivity contribution is 6.31. The molecule has 0 aliphatic carbocycles. The summed E-state index contributed by atoms with van der Waals surface area (Å²) in [6.45, 7) is 1.44. The lowest BCUT2D eigenvalue weighted by Gasteiger charge is -2.07. The second kappa shape index (κ2) is 3.42. The van der Waals surface area contributed by atoms with Gasteiger partial charge in [-0.25, -0.2) is 4.39 Å². The van der Waals surface area contributed by atoms with Crippen molar-refractivity contribution >= 4 is 17.3 Å². The van der Waals surface area contributed by atoms with Crippen LogP contribution in [-0.4, -0.2) is 13.2 Å². The minimum Gasteiger partial charge on any atom is -0.491 e.